The molecule has 0 spiro atoms. The molecular weight excluding hydrogens is 298 g/mol. The zero-order valence-electron chi connectivity index (χ0n) is 12.5. The molecule has 120 valence electrons. The molecule has 1 unspecified atom stereocenters. The Morgan fingerprint density at radius 3 is 2.96 bits per heavy atom. The molecule has 1 amide bonds. The van der Waals surface area contributed by atoms with Gasteiger partial charge in [-0.2, -0.15) is 0 Å². The predicted octanol–water partition coefficient (Wildman–Crippen LogP) is 2.15. The smallest absolute Gasteiger partial charge is 0.306 e. The summed E-state index contributed by atoms with van der Waals surface area (Å²) < 4.78 is 11.0. The quantitative estimate of drug-likeness (QED) is 0.875. The number of benzene rings is 1. The molecule has 1 aliphatic heterocycles. The van der Waals surface area contributed by atoms with Gasteiger partial charge in [0.1, 0.15) is 11.3 Å². The van der Waals surface area contributed by atoms with Crippen molar-refractivity contribution in [1.82, 2.24) is 4.90 Å². The van der Waals surface area contributed by atoms with Crippen LogP contribution in [0.4, 0.5) is 0 Å². The number of carbonyl (C=O) groups excluding carboxylic acids is 1. The number of nitrogens with zero attached hydrogens (tertiary/aromatic N) is 1. The summed E-state index contributed by atoms with van der Waals surface area (Å²) in [6, 6.07) is 9.49. The summed E-state index contributed by atoms with van der Waals surface area (Å²) in [4.78, 5) is 24.5. The highest BCUT2D eigenvalue weighted by atomic mass is 16.5. The summed E-state index contributed by atoms with van der Waals surface area (Å²) in [6.45, 7) is 1.09. The van der Waals surface area contributed by atoms with Crippen molar-refractivity contribution >= 4 is 28.9 Å². The standard InChI is InChI=1S/C17H17NO5/c19-16(18-7-8-22-14(11-18)10-17(20)21)6-5-13-9-12-3-1-2-4-15(12)23-13/h1-6,9,14H,7-8,10-11H2,(H,20,21). The van der Waals surface area contributed by atoms with Gasteiger partial charge in [-0.15, -0.1) is 0 Å². The van der Waals surface area contributed by atoms with E-state index in [2.05, 4.69) is 0 Å². The lowest BCUT2D eigenvalue weighted by Gasteiger charge is -2.31. The van der Waals surface area contributed by atoms with E-state index in [1.165, 1.54) is 6.08 Å². The van der Waals surface area contributed by atoms with Crippen molar-refractivity contribution in [1.29, 1.82) is 0 Å². The molecule has 0 aliphatic carbocycles. The van der Waals surface area contributed by atoms with Crippen LogP contribution in [0.1, 0.15) is 12.2 Å². The molecule has 1 N–H and O–H groups in total. The van der Waals surface area contributed by atoms with Crippen LogP contribution in [0.5, 0.6) is 0 Å². The van der Waals surface area contributed by atoms with Gasteiger partial charge in [-0.3, -0.25) is 9.59 Å². The van der Waals surface area contributed by atoms with E-state index in [9.17, 15) is 9.59 Å². The molecule has 1 aromatic heterocycles. The second-order valence-corrected chi connectivity index (χ2v) is 5.39. The maximum Gasteiger partial charge on any atom is 0.306 e. The van der Waals surface area contributed by atoms with Crippen molar-refractivity contribution < 1.29 is 23.8 Å². The molecule has 1 atom stereocenters. The Kier molecular flexibility index (Phi) is 4.43. The molecule has 1 aromatic carbocycles. The first-order valence-electron chi connectivity index (χ1n) is 7.41. The minimum absolute atomic E-state index is 0.100. The van der Waals surface area contributed by atoms with E-state index in [1.807, 2.05) is 30.3 Å². The number of fused-ring (bicyclic) bond motifs is 1. The number of morpholine rings is 1. The minimum atomic E-state index is -0.929. The fourth-order valence-electron chi connectivity index (χ4n) is 2.58. The number of carboxylic acid groups (broad SMARTS) is 1. The number of furan rings is 1. The van der Waals surface area contributed by atoms with Crippen LogP contribution in [-0.2, 0) is 14.3 Å². The summed E-state index contributed by atoms with van der Waals surface area (Å²) in [7, 11) is 0. The lowest BCUT2D eigenvalue weighted by atomic mass is 10.2. The molecule has 1 fully saturated rings. The normalized spacial score (nSPS) is 18.6. The third-order valence-corrected chi connectivity index (χ3v) is 3.69. The molecule has 0 saturated carbocycles. The number of rotatable bonds is 4. The molecule has 6 heteroatoms. The Labute approximate surface area is 132 Å². The minimum Gasteiger partial charge on any atom is -0.481 e. The topological polar surface area (TPSA) is 80.0 Å². The van der Waals surface area contributed by atoms with Crippen molar-refractivity contribution in [2.75, 3.05) is 19.7 Å². The van der Waals surface area contributed by atoms with Gasteiger partial charge in [0.05, 0.1) is 19.1 Å². The molecule has 1 saturated heterocycles. The summed E-state index contributed by atoms with van der Waals surface area (Å²) in [5.41, 5.74) is 0.771. The first-order valence-corrected chi connectivity index (χ1v) is 7.41. The van der Waals surface area contributed by atoms with Gasteiger partial charge in [-0.25, -0.2) is 0 Å². The lowest BCUT2D eigenvalue weighted by molar-refractivity contribution is -0.145. The van der Waals surface area contributed by atoms with Crippen LogP contribution in [0, 0.1) is 0 Å². The first kappa shape index (κ1) is 15.3. The number of ether oxygens (including phenoxy) is 1. The van der Waals surface area contributed by atoms with Crippen molar-refractivity contribution in [3.63, 3.8) is 0 Å². The largest absolute Gasteiger partial charge is 0.481 e. The molecule has 0 bridgehead atoms. The van der Waals surface area contributed by atoms with E-state index in [0.717, 1.165) is 11.0 Å². The van der Waals surface area contributed by atoms with Crippen LogP contribution in [0.3, 0.4) is 0 Å². The van der Waals surface area contributed by atoms with Crippen LogP contribution in [0.15, 0.2) is 40.8 Å². The van der Waals surface area contributed by atoms with Crippen LogP contribution in [0.2, 0.25) is 0 Å². The third-order valence-electron chi connectivity index (χ3n) is 3.69. The third kappa shape index (κ3) is 3.78. The maximum atomic E-state index is 12.2. The number of para-hydroxylation sites is 1. The molecule has 23 heavy (non-hydrogen) atoms. The van der Waals surface area contributed by atoms with Gasteiger partial charge in [0.25, 0.3) is 0 Å². The van der Waals surface area contributed by atoms with Gasteiger partial charge in [-0.05, 0) is 18.2 Å². The first-order chi connectivity index (χ1) is 11.1. The van der Waals surface area contributed by atoms with E-state index in [4.69, 9.17) is 14.3 Å². The van der Waals surface area contributed by atoms with Crippen LogP contribution in [-0.4, -0.2) is 47.7 Å². The molecule has 6 nitrogen and oxygen atoms in total. The van der Waals surface area contributed by atoms with Gasteiger partial charge in [0.2, 0.25) is 5.91 Å². The number of amides is 1. The van der Waals surface area contributed by atoms with Gasteiger partial charge in [0.15, 0.2) is 0 Å². The zero-order chi connectivity index (χ0) is 16.2. The molecular formula is C17H17NO5. The van der Waals surface area contributed by atoms with Crippen molar-refractivity contribution in [3.05, 3.63) is 42.2 Å². The lowest BCUT2D eigenvalue weighted by Crippen LogP contribution is -2.45. The molecule has 0 radical (unpaired) electrons. The van der Waals surface area contributed by atoms with E-state index in [0.29, 0.717) is 18.9 Å². The Balaban J connectivity index is 1.64. The fraction of sp³-hybridized carbons (Fsp3) is 0.294. The number of carboxylic acids is 1. The highest BCUT2D eigenvalue weighted by Crippen LogP contribution is 2.20. The second kappa shape index (κ2) is 6.66. The number of hydrogen-bond acceptors (Lipinski definition) is 4. The van der Waals surface area contributed by atoms with Crippen molar-refractivity contribution in [2.45, 2.75) is 12.5 Å². The van der Waals surface area contributed by atoms with E-state index in [1.54, 1.807) is 11.0 Å². The molecule has 1 aliphatic rings. The van der Waals surface area contributed by atoms with Crippen LogP contribution >= 0.6 is 0 Å². The highest BCUT2D eigenvalue weighted by molar-refractivity contribution is 5.92. The molecule has 2 aromatic rings. The summed E-state index contributed by atoms with van der Waals surface area (Å²) in [5, 5.41) is 9.78. The number of hydrogen-bond donors (Lipinski definition) is 1. The average molecular weight is 315 g/mol. The maximum absolute atomic E-state index is 12.2. The molecule has 3 rings (SSSR count). The summed E-state index contributed by atoms with van der Waals surface area (Å²) in [6.07, 6.45) is 2.52. The van der Waals surface area contributed by atoms with Gasteiger partial charge in [-0.1, -0.05) is 18.2 Å². The van der Waals surface area contributed by atoms with E-state index >= 15 is 0 Å². The van der Waals surface area contributed by atoms with E-state index < -0.39 is 12.1 Å². The van der Waals surface area contributed by atoms with Gasteiger partial charge >= 0.3 is 5.97 Å². The SMILES string of the molecule is O=C(O)CC1CN(C(=O)C=Cc2cc3ccccc3o2)CCO1. The van der Waals surface area contributed by atoms with E-state index in [-0.39, 0.29) is 18.9 Å². The Bertz CT molecular complexity index is 715. The number of carbonyl (C=O) groups is 2. The Hall–Kier alpha value is -2.60. The highest BCUT2D eigenvalue weighted by Gasteiger charge is 2.24. The monoisotopic (exact) mass is 315 g/mol. The van der Waals surface area contributed by atoms with Gasteiger partial charge in [0, 0.05) is 24.6 Å². The Morgan fingerprint density at radius 2 is 2.17 bits per heavy atom. The van der Waals surface area contributed by atoms with Crippen molar-refractivity contribution in [2.24, 2.45) is 0 Å². The molecule has 2 heterocycles. The Morgan fingerprint density at radius 1 is 1.35 bits per heavy atom. The second-order valence-electron chi connectivity index (χ2n) is 5.39. The fourth-order valence-corrected chi connectivity index (χ4v) is 2.58. The van der Waals surface area contributed by atoms with Crippen molar-refractivity contribution in [3.8, 4) is 0 Å². The predicted molar refractivity (Wildman–Crippen MR) is 83.8 cm³/mol. The number of aliphatic carboxylic acids is 1. The van der Waals surface area contributed by atoms with Gasteiger partial charge < -0.3 is 19.2 Å². The van der Waals surface area contributed by atoms with Crippen LogP contribution < -0.4 is 0 Å². The average Bonchev–Trinajstić information content (AvgIpc) is 2.95. The summed E-state index contributed by atoms with van der Waals surface area (Å²) >= 11 is 0. The van der Waals surface area contributed by atoms with Crippen LogP contribution in [0.25, 0.3) is 17.0 Å². The zero-order valence-corrected chi connectivity index (χ0v) is 12.5. The summed E-state index contributed by atoms with van der Waals surface area (Å²) in [5.74, 6) is -0.499.